The van der Waals surface area contributed by atoms with E-state index in [9.17, 15) is 9.59 Å². The van der Waals surface area contributed by atoms with Crippen LogP contribution in [0.25, 0.3) is 0 Å². The molecule has 0 unspecified atom stereocenters. The lowest BCUT2D eigenvalue weighted by Gasteiger charge is -2.31. The van der Waals surface area contributed by atoms with Crippen molar-refractivity contribution in [3.05, 3.63) is 46.4 Å². The molecule has 210 valence electrons. The maximum absolute atomic E-state index is 13.7. The number of hydrogen-bond acceptors (Lipinski definition) is 6. The van der Waals surface area contributed by atoms with Gasteiger partial charge in [-0.25, -0.2) is 0 Å². The number of anilines is 1. The molecule has 39 heavy (non-hydrogen) atoms. The lowest BCUT2D eigenvalue weighted by molar-refractivity contribution is -0.122. The van der Waals surface area contributed by atoms with E-state index < -0.39 is 0 Å². The fraction of sp³-hybridized carbons (Fsp3) is 0.533. The van der Waals surface area contributed by atoms with Crippen LogP contribution >= 0.6 is 28.0 Å². The topological polar surface area (TPSA) is 85.9 Å². The Morgan fingerprint density at radius 3 is 2.49 bits per heavy atom. The molecule has 3 aliphatic carbocycles. The highest BCUT2D eigenvalue weighted by atomic mass is 79.9. The largest absolute Gasteiger partial charge is 0.496 e. The molecule has 0 heterocycles. The summed E-state index contributed by atoms with van der Waals surface area (Å²) in [7, 11) is 3.18. The third-order valence-corrected chi connectivity index (χ3v) is 9.79. The normalized spacial score (nSPS) is 27.7. The van der Waals surface area contributed by atoms with Gasteiger partial charge in [0.25, 0.3) is 5.91 Å². The minimum atomic E-state index is -0.284. The molecule has 0 aliphatic heterocycles. The molecule has 5 rings (SSSR count). The molecule has 0 aromatic heterocycles. The Kier molecular flexibility index (Phi) is 9.09. The zero-order valence-corrected chi connectivity index (χ0v) is 25.1. The number of nitrogens with one attached hydrogen (secondary N) is 2. The first-order valence-electron chi connectivity index (χ1n) is 13.8. The molecule has 0 saturated heterocycles. The highest BCUT2D eigenvalue weighted by Crippen LogP contribution is 2.49. The number of hydrogen-bond donors (Lipinski definition) is 2. The van der Waals surface area contributed by atoms with Crippen LogP contribution in [0.2, 0.25) is 0 Å². The predicted molar refractivity (Wildman–Crippen MR) is 156 cm³/mol. The van der Waals surface area contributed by atoms with Gasteiger partial charge in [-0.2, -0.15) is 0 Å². The fourth-order valence-electron chi connectivity index (χ4n) is 6.55. The van der Waals surface area contributed by atoms with Crippen molar-refractivity contribution in [3.8, 4) is 11.5 Å². The van der Waals surface area contributed by atoms with E-state index in [1.807, 2.05) is 24.3 Å². The first kappa shape index (κ1) is 28.3. The summed E-state index contributed by atoms with van der Waals surface area (Å²) in [6.07, 6.45) is 7.44. The molecule has 3 fully saturated rings. The zero-order chi connectivity index (χ0) is 27.5. The van der Waals surface area contributed by atoms with Gasteiger partial charge >= 0.3 is 0 Å². The smallest absolute Gasteiger partial charge is 0.255 e. The van der Waals surface area contributed by atoms with Crippen molar-refractivity contribution in [3.63, 3.8) is 0 Å². The lowest BCUT2D eigenvalue weighted by Crippen LogP contribution is -2.48. The molecule has 2 aromatic rings. The number of rotatable bonds is 9. The molecular weight excluding hydrogens is 580 g/mol. The van der Waals surface area contributed by atoms with Crippen molar-refractivity contribution < 1.29 is 23.2 Å². The summed E-state index contributed by atoms with van der Waals surface area (Å²) in [4.78, 5) is 28.1. The Hall–Kier alpha value is -2.23. The molecule has 7 nitrogen and oxygen atoms in total. The minimum Gasteiger partial charge on any atom is -0.496 e. The van der Waals surface area contributed by atoms with Gasteiger partial charge in [-0.1, -0.05) is 13.0 Å². The van der Waals surface area contributed by atoms with Gasteiger partial charge in [0, 0.05) is 28.7 Å². The van der Waals surface area contributed by atoms with Crippen LogP contribution in [0.15, 0.2) is 45.8 Å². The molecule has 3 aliphatic rings. The van der Waals surface area contributed by atoms with E-state index in [1.165, 1.54) is 12.0 Å². The van der Waals surface area contributed by atoms with Gasteiger partial charge in [-0.05, 0) is 109 Å². The quantitative estimate of drug-likeness (QED) is 0.300. The standard InChI is InChI=1S/C30H37BrN2O5S/c1-17-7-11-21(12-8-17)38-26-15-23(25(36-2)16-24(26)31)29(34)33-28-19-10-9-18(13-19)27(28)30(35)32-20-5-4-6-22(14-20)39-37-3/h4-6,14-19,21,27-28H,7-13H2,1-3H3,(H,32,35)(H,33,34)/t17-,18-,19+,21+,27+,28-/m1/s1. The molecule has 3 saturated carbocycles. The zero-order valence-electron chi connectivity index (χ0n) is 22.7. The van der Waals surface area contributed by atoms with Crippen molar-refractivity contribution >= 4 is 45.5 Å². The SMILES string of the molecule is COSc1cccc(NC(=O)[C@H]2[C@@H]3CC[C@@H](C3)[C@H]2NC(=O)c2cc(O[C@H]3CC[C@@H](C)CC3)c(Br)cc2OC)c1. The Balaban J connectivity index is 1.32. The molecule has 4 atom stereocenters. The molecule has 0 spiro atoms. The second-order valence-corrected chi connectivity index (χ2v) is 12.9. The van der Waals surface area contributed by atoms with Crippen LogP contribution in [0.4, 0.5) is 5.69 Å². The molecular formula is C30H37BrN2O5S. The number of carbonyl (C=O) groups excluding carboxylic acids is 2. The summed E-state index contributed by atoms with van der Waals surface area (Å²) in [5.41, 5.74) is 1.15. The fourth-order valence-corrected chi connectivity index (χ4v) is 7.47. The summed E-state index contributed by atoms with van der Waals surface area (Å²) in [6, 6.07) is 10.9. The molecule has 0 radical (unpaired) electrons. The number of amides is 2. The van der Waals surface area contributed by atoms with Crippen molar-refractivity contribution in [1.29, 1.82) is 0 Å². The number of fused-ring (bicyclic) bond motifs is 2. The molecule has 2 aromatic carbocycles. The number of halogens is 1. The number of methoxy groups -OCH3 is 1. The first-order valence-corrected chi connectivity index (χ1v) is 15.4. The third kappa shape index (κ3) is 6.41. The van der Waals surface area contributed by atoms with Crippen LogP contribution in [0.5, 0.6) is 11.5 Å². The van der Waals surface area contributed by atoms with E-state index in [4.69, 9.17) is 13.7 Å². The molecule has 2 bridgehead atoms. The molecule has 2 N–H and O–H groups in total. The Bertz CT molecular complexity index is 1200. The van der Waals surface area contributed by atoms with E-state index in [2.05, 4.69) is 33.5 Å². The highest BCUT2D eigenvalue weighted by Gasteiger charge is 2.51. The molecule has 9 heteroatoms. The second kappa shape index (κ2) is 12.5. The average molecular weight is 618 g/mol. The van der Waals surface area contributed by atoms with Gasteiger partial charge in [-0.15, -0.1) is 0 Å². The molecule has 2 amide bonds. The third-order valence-electron chi connectivity index (χ3n) is 8.55. The van der Waals surface area contributed by atoms with Crippen molar-refractivity contribution in [1.82, 2.24) is 5.32 Å². The number of carbonyl (C=O) groups is 2. The van der Waals surface area contributed by atoms with Crippen LogP contribution in [-0.2, 0) is 8.98 Å². The van der Waals surface area contributed by atoms with Gasteiger partial charge < -0.3 is 24.3 Å². The van der Waals surface area contributed by atoms with E-state index in [0.717, 1.165) is 65.9 Å². The number of benzene rings is 2. The number of ether oxygens (including phenoxy) is 2. The Labute approximate surface area is 243 Å². The van der Waals surface area contributed by atoms with Crippen LogP contribution in [0, 0.1) is 23.7 Å². The van der Waals surface area contributed by atoms with Crippen LogP contribution in [0.3, 0.4) is 0 Å². The second-order valence-electron chi connectivity index (χ2n) is 11.1. The monoisotopic (exact) mass is 616 g/mol. The minimum absolute atomic E-state index is 0.0506. The summed E-state index contributed by atoms with van der Waals surface area (Å²) >= 11 is 4.85. The van der Waals surface area contributed by atoms with E-state index in [1.54, 1.807) is 26.4 Å². The summed E-state index contributed by atoms with van der Waals surface area (Å²) < 4.78 is 17.8. The van der Waals surface area contributed by atoms with E-state index >= 15 is 0 Å². The summed E-state index contributed by atoms with van der Waals surface area (Å²) in [5.74, 6) is 1.82. The van der Waals surface area contributed by atoms with Gasteiger partial charge in [0.2, 0.25) is 5.91 Å². The lowest BCUT2D eigenvalue weighted by atomic mass is 9.83. The summed E-state index contributed by atoms with van der Waals surface area (Å²) in [5, 5.41) is 6.32. The van der Waals surface area contributed by atoms with Crippen LogP contribution < -0.4 is 20.1 Å². The maximum atomic E-state index is 13.7. The van der Waals surface area contributed by atoms with Gasteiger partial charge in [-0.3, -0.25) is 9.59 Å². The van der Waals surface area contributed by atoms with Crippen molar-refractivity contribution in [2.24, 2.45) is 23.7 Å². The van der Waals surface area contributed by atoms with Gasteiger partial charge in [0.05, 0.1) is 36.3 Å². The van der Waals surface area contributed by atoms with Crippen molar-refractivity contribution in [2.75, 3.05) is 19.5 Å². The average Bonchev–Trinajstić information content (AvgIpc) is 3.53. The van der Waals surface area contributed by atoms with Gasteiger partial charge in [0.15, 0.2) is 0 Å². The van der Waals surface area contributed by atoms with Crippen LogP contribution in [-0.4, -0.2) is 38.2 Å². The summed E-state index contributed by atoms with van der Waals surface area (Å²) in [6.45, 7) is 2.28. The first-order chi connectivity index (χ1) is 18.9. The Morgan fingerprint density at radius 2 is 1.74 bits per heavy atom. The van der Waals surface area contributed by atoms with Crippen molar-refractivity contribution in [2.45, 2.75) is 68.9 Å². The van der Waals surface area contributed by atoms with Gasteiger partial charge in [0.1, 0.15) is 11.5 Å². The maximum Gasteiger partial charge on any atom is 0.255 e. The van der Waals surface area contributed by atoms with E-state index in [0.29, 0.717) is 17.1 Å². The predicted octanol–water partition coefficient (Wildman–Crippen LogP) is 6.85. The van der Waals surface area contributed by atoms with Crippen LogP contribution in [0.1, 0.15) is 62.2 Å². The highest BCUT2D eigenvalue weighted by molar-refractivity contribution is 9.10. The Morgan fingerprint density at radius 1 is 0.974 bits per heavy atom. The van der Waals surface area contributed by atoms with E-state index in [-0.39, 0.29) is 41.7 Å².